The molecule has 3 heterocycles. The van der Waals surface area contributed by atoms with Crippen molar-refractivity contribution in [3.05, 3.63) is 64.8 Å². The van der Waals surface area contributed by atoms with Crippen molar-refractivity contribution < 1.29 is 28.8 Å². The van der Waals surface area contributed by atoms with Gasteiger partial charge in [0, 0.05) is 67.3 Å². The summed E-state index contributed by atoms with van der Waals surface area (Å²) in [5.74, 6) is -0.200. The van der Waals surface area contributed by atoms with Gasteiger partial charge in [-0.15, -0.1) is 11.3 Å². The van der Waals surface area contributed by atoms with Crippen molar-refractivity contribution in [3.8, 4) is 0 Å². The van der Waals surface area contributed by atoms with Gasteiger partial charge in [0.25, 0.3) is 11.9 Å². The highest BCUT2D eigenvalue weighted by atomic mass is 35.5. The molecule has 2 aromatic heterocycles. The van der Waals surface area contributed by atoms with E-state index in [4.69, 9.17) is 27.7 Å². The molecule has 2 aromatic rings. The first-order valence-electron chi connectivity index (χ1n) is 17.1. The van der Waals surface area contributed by atoms with Crippen molar-refractivity contribution in [2.75, 3.05) is 51.6 Å². The number of rotatable bonds is 17. The van der Waals surface area contributed by atoms with Gasteiger partial charge in [0.2, 0.25) is 0 Å². The molecule has 27 heteroatoms. The Kier molecular flexibility index (Phi) is 29.2. The number of carbonyl (C=O) groups excluding carboxylic acids is 1. The Morgan fingerprint density at radius 1 is 1.11 bits per heavy atom. The third-order valence-electron chi connectivity index (χ3n) is 6.10. The van der Waals surface area contributed by atoms with Gasteiger partial charge in [-0.3, -0.25) is 9.40 Å². The van der Waals surface area contributed by atoms with Crippen LogP contribution in [-0.4, -0.2) is 105 Å². The maximum Gasteiger partial charge on any atom is 0.433 e. The first-order chi connectivity index (χ1) is 27.0. The summed E-state index contributed by atoms with van der Waals surface area (Å²) in [6.07, 6.45) is 8.34. The van der Waals surface area contributed by atoms with Crippen LogP contribution in [0.5, 0.6) is 0 Å². The SMILES string of the molecule is CCCSP(=O)(OCC)SCCC.CN/C(=N\[N+](=O)[O-])NCc1cnc(Cl)s1.CNC(=O)O/N=C/C(C)(C)SC.O=[N+]([O-])/N=C1\NCCN1Cc1ccc(Cl)nc1. The summed E-state index contributed by atoms with van der Waals surface area (Å²) in [6.45, 7) is 12.8. The number of carbonyl (C=O) groups is 1. The minimum Gasteiger partial charge on any atom is -0.354 e. The summed E-state index contributed by atoms with van der Waals surface area (Å²) >= 11 is 17.2. The number of oxime groups is 1. The average Bonchev–Trinajstić information content (AvgIpc) is 3.80. The summed E-state index contributed by atoms with van der Waals surface area (Å²) in [4.78, 5) is 45.8. The molecule has 0 spiro atoms. The summed E-state index contributed by atoms with van der Waals surface area (Å²) in [7, 11) is 3.02. The second-order valence-corrected chi connectivity index (χ2v) is 22.2. The quantitative estimate of drug-likeness (QED) is 0.0232. The molecule has 1 amide bonds. The van der Waals surface area contributed by atoms with Crippen LogP contribution in [0.15, 0.2) is 39.9 Å². The van der Waals surface area contributed by atoms with E-state index in [2.05, 4.69) is 65.3 Å². The number of thioether (sulfide) groups is 1. The molecule has 0 bridgehead atoms. The number of guanidine groups is 2. The van der Waals surface area contributed by atoms with Gasteiger partial charge in [-0.25, -0.2) is 35.0 Å². The highest BCUT2D eigenvalue weighted by molar-refractivity contribution is 8.89. The molecule has 57 heavy (non-hydrogen) atoms. The van der Waals surface area contributed by atoms with Crippen molar-refractivity contribution in [3.63, 3.8) is 0 Å². The number of amides is 1. The van der Waals surface area contributed by atoms with E-state index in [-0.39, 0.29) is 16.7 Å². The van der Waals surface area contributed by atoms with Crippen LogP contribution in [0.4, 0.5) is 4.79 Å². The zero-order chi connectivity index (χ0) is 43.3. The number of thiazole rings is 1. The summed E-state index contributed by atoms with van der Waals surface area (Å²) in [5, 5.41) is 39.7. The molecule has 1 aliphatic heterocycles. The fourth-order valence-electron chi connectivity index (χ4n) is 3.34. The van der Waals surface area contributed by atoms with E-state index < -0.39 is 21.9 Å². The topological polar surface area (TPSA) is 253 Å². The van der Waals surface area contributed by atoms with Crippen LogP contribution >= 0.6 is 74.8 Å². The molecule has 322 valence electrons. The molecule has 4 N–H and O–H groups in total. The zero-order valence-electron chi connectivity index (χ0n) is 32.9. The van der Waals surface area contributed by atoms with Crippen molar-refractivity contribution in [2.45, 2.75) is 65.3 Å². The summed E-state index contributed by atoms with van der Waals surface area (Å²) in [5.41, 5.74) is 0.925. The minimum absolute atomic E-state index is 0.0875. The lowest BCUT2D eigenvalue weighted by Gasteiger charge is -2.14. The molecule has 0 saturated carbocycles. The molecule has 3 rings (SSSR count). The molecule has 1 fully saturated rings. The Balaban J connectivity index is 0.000000742. The normalized spacial score (nSPS) is 13.3. The Bertz CT molecular complexity index is 1620. The predicted octanol–water partition coefficient (Wildman–Crippen LogP) is 7.23. The second-order valence-electron chi connectivity index (χ2n) is 11.1. The molecule has 0 atom stereocenters. The standard InChI is InChI=1S/C9H10ClN5O2.C8H19O2PS2.C7H14N2O2S.C6H8ClN5O2S/c10-8-2-1-7(5-12-8)6-14-4-3-11-9(14)13-15(16)17;1-4-7-12-11(9,10-6-3)13-8-5-2;1-7(2,12-4)5-9-11-6(10)8-3;1-8-6(11-12(13)14)10-3-4-2-9-5(7)15-4/h1-2,5H,3-4,6H2,(H,11,13);4-8H2,1-3H3;5H,1-4H3,(H,8,10);2H,3H2,1H3,(H2,8,10,11)/b;;9-5+;. The van der Waals surface area contributed by atoms with E-state index in [9.17, 15) is 29.6 Å². The number of hydrogen-bond donors (Lipinski definition) is 4. The third-order valence-corrected chi connectivity index (χ3v) is 16.5. The van der Waals surface area contributed by atoms with Crippen LogP contribution in [0.25, 0.3) is 0 Å². The number of hydrogen-bond acceptors (Lipinski definition) is 15. The van der Waals surface area contributed by atoms with Gasteiger partial charge >= 0.3 is 11.9 Å². The lowest BCUT2D eigenvalue weighted by atomic mass is 10.2. The number of nitrogens with zero attached hydrogens (tertiary/aromatic N) is 8. The summed E-state index contributed by atoms with van der Waals surface area (Å²) in [6, 6.07) is 3.52. The van der Waals surface area contributed by atoms with Gasteiger partial charge in [-0.05, 0) is 51.5 Å². The molecule has 0 unspecified atom stereocenters. The fraction of sp³-hybridized carbons (Fsp3) is 0.600. The molecule has 20 nitrogen and oxygen atoms in total. The van der Waals surface area contributed by atoms with Crippen molar-refractivity contribution in [1.82, 2.24) is 36.1 Å². The smallest absolute Gasteiger partial charge is 0.354 e. The van der Waals surface area contributed by atoms with Gasteiger partial charge in [0.1, 0.15) is 15.4 Å². The average molecular weight is 938 g/mol. The highest BCUT2D eigenvalue weighted by Gasteiger charge is 2.23. The van der Waals surface area contributed by atoms with Crippen LogP contribution in [0.3, 0.4) is 0 Å². The number of aromatic nitrogens is 2. The van der Waals surface area contributed by atoms with Gasteiger partial charge in [0.15, 0.2) is 14.5 Å². The van der Waals surface area contributed by atoms with E-state index >= 15 is 0 Å². The monoisotopic (exact) mass is 936 g/mol. The lowest BCUT2D eigenvalue weighted by molar-refractivity contribution is -0.485. The van der Waals surface area contributed by atoms with E-state index in [0.717, 1.165) is 34.8 Å². The molecule has 0 aromatic carbocycles. The molecular formula is C30H51Cl2N12O8PS4. The molecular weight excluding hydrogens is 887 g/mol. The maximum absolute atomic E-state index is 12.0. The Morgan fingerprint density at radius 3 is 2.25 bits per heavy atom. The molecule has 0 radical (unpaired) electrons. The first-order valence-corrected chi connectivity index (χ1v) is 24.7. The van der Waals surface area contributed by atoms with Gasteiger partial charge < -0.3 is 30.7 Å². The van der Waals surface area contributed by atoms with Crippen LogP contribution in [0, 0.1) is 20.2 Å². The van der Waals surface area contributed by atoms with Gasteiger partial charge in [0.05, 0.1) is 19.4 Å². The van der Waals surface area contributed by atoms with Crippen LogP contribution in [0.1, 0.15) is 57.9 Å². The van der Waals surface area contributed by atoms with Crippen molar-refractivity contribution in [2.24, 2.45) is 15.4 Å². The number of nitrogens with one attached hydrogen (secondary N) is 4. The fourth-order valence-corrected chi connectivity index (χ4v) is 11.6. The Hall–Kier alpha value is -3.12. The molecule has 1 aliphatic rings. The number of nitro groups is 2. The van der Waals surface area contributed by atoms with Crippen molar-refractivity contribution >= 4 is 99.1 Å². The Morgan fingerprint density at radius 2 is 1.77 bits per heavy atom. The maximum atomic E-state index is 12.0. The minimum atomic E-state index is -2.42. The first kappa shape index (κ1) is 53.9. The lowest BCUT2D eigenvalue weighted by Crippen LogP contribution is -2.34. The zero-order valence-corrected chi connectivity index (χ0v) is 38.6. The molecule has 0 aliphatic carbocycles. The largest absolute Gasteiger partial charge is 0.433 e. The number of pyridine rings is 1. The van der Waals surface area contributed by atoms with Crippen LogP contribution in [-0.2, 0) is 27.0 Å². The van der Waals surface area contributed by atoms with Gasteiger partial charge in [-0.1, -0.05) is 71.0 Å². The van der Waals surface area contributed by atoms with Crippen LogP contribution < -0.4 is 21.3 Å². The number of hydrazone groups is 2. The Labute approximate surface area is 359 Å². The van der Waals surface area contributed by atoms with Gasteiger partial charge in [-0.2, -0.15) is 11.8 Å². The van der Waals surface area contributed by atoms with E-state index in [1.165, 1.54) is 48.2 Å². The second kappa shape index (κ2) is 30.9. The van der Waals surface area contributed by atoms with Crippen molar-refractivity contribution in [1.29, 1.82) is 0 Å². The van der Waals surface area contributed by atoms with E-state index in [1.807, 2.05) is 33.1 Å². The summed E-state index contributed by atoms with van der Waals surface area (Å²) < 4.78 is 17.7. The number of halogens is 2. The highest BCUT2D eigenvalue weighted by Crippen LogP contribution is 2.69. The molecule has 1 saturated heterocycles. The van der Waals surface area contributed by atoms with E-state index in [0.29, 0.717) is 42.4 Å². The predicted molar refractivity (Wildman–Crippen MR) is 236 cm³/mol. The third kappa shape index (κ3) is 27.2. The van der Waals surface area contributed by atoms with Crippen LogP contribution in [0.2, 0.25) is 9.62 Å². The van der Waals surface area contributed by atoms with E-state index in [1.54, 1.807) is 41.3 Å².